The molecule has 26 heavy (non-hydrogen) atoms. The number of β-amino-alcohol motifs (C(OH)–C–C–N with tert-alkyl or cyclic N) is 1. The van der Waals surface area contributed by atoms with Crippen molar-refractivity contribution in [2.24, 2.45) is 5.92 Å². The van der Waals surface area contributed by atoms with Crippen molar-refractivity contribution in [1.82, 2.24) is 20.2 Å². The normalized spacial score (nSPS) is 19.9. The maximum atomic E-state index is 12.9. The van der Waals surface area contributed by atoms with Gasteiger partial charge >= 0.3 is 0 Å². The van der Waals surface area contributed by atoms with Crippen LogP contribution in [0.1, 0.15) is 0 Å². The Kier molecular flexibility index (Phi) is 4.86. The van der Waals surface area contributed by atoms with Gasteiger partial charge in [0.15, 0.2) is 0 Å². The fourth-order valence-corrected chi connectivity index (χ4v) is 4.80. The largest absolute Gasteiger partial charge is 0.391 e. The summed E-state index contributed by atoms with van der Waals surface area (Å²) >= 11 is 3.00. The van der Waals surface area contributed by atoms with Crippen molar-refractivity contribution in [2.75, 3.05) is 19.6 Å². The van der Waals surface area contributed by atoms with Gasteiger partial charge in [0.05, 0.1) is 17.8 Å². The molecule has 3 aromatic heterocycles. The highest BCUT2D eigenvalue weighted by Crippen LogP contribution is 2.33. The first-order valence-electron chi connectivity index (χ1n) is 8.29. The molecule has 4 heterocycles. The SMILES string of the molecule is O=C(Cn1cnc2scc(-c3cccs3)c2c1=O)NCC1CNCC1O. The van der Waals surface area contributed by atoms with Crippen molar-refractivity contribution in [3.05, 3.63) is 39.6 Å². The second-order valence-corrected chi connectivity index (χ2v) is 8.08. The average Bonchev–Trinajstić information content (AvgIpc) is 3.35. The van der Waals surface area contributed by atoms with Crippen LogP contribution in [0.25, 0.3) is 20.7 Å². The van der Waals surface area contributed by atoms with Gasteiger partial charge < -0.3 is 15.7 Å². The van der Waals surface area contributed by atoms with Crippen LogP contribution in [0, 0.1) is 5.92 Å². The lowest BCUT2D eigenvalue weighted by Crippen LogP contribution is -2.37. The molecule has 1 fully saturated rings. The smallest absolute Gasteiger partial charge is 0.263 e. The van der Waals surface area contributed by atoms with Crippen LogP contribution < -0.4 is 16.2 Å². The molecule has 1 amide bonds. The van der Waals surface area contributed by atoms with Crippen molar-refractivity contribution in [2.45, 2.75) is 12.6 Å². The van der Waals surface area contributed by atoms with Crippen molar-refractivity contribution in [3.8, 4) is 10.4 Å². The summed E-state index contributed by atoms with van der Waals surface area (Å²) in [6.45, 7) is 1.52. The number of hydrogen-bond donors (Lipinski definition) is 3. The van der Waals surface area contributed by atoms with E-state index in [4.69, 9.17) is 0 Å². The Balaban J connectivity index is 1.53. The number of hydrogen-bond acceptors (Lipinski definition) is 7. The number of rotatable bonds is 5. The highest BCUT2D eigenvalue weighted by atomic mass is 32.1. The van der Waals surface area contributed by atoms with Gasteiger partial charge in [0.25, 0.3) is 5.56 Å². The maximum absolute atomic E-state index is 12.9. The van der Waals surface area contributed by atoms with Crippen LogP contribution in [-0.4, -0.2) is 46.3 Å². The molecule has 7 nitrogen and oxygen atoms in total. The lowest BCUT2D eigenvalue weighted by atomic mass is 10.1. The Morgan fingerprint density at radius 1 is 1.42 bits per heavy atom. The van der Waals surface area contributed by atoms with E-state index in [-0.39, 0.29) is 23.9 Å². The molecule has 0 spiro atoms. The van der Waals surface area contributed by atoms with Crippen LogP contribution in [0.5, 0.6) is 0 Å². The molecule has 1 aliphatic heterocycles. The third-order valence-electron chi connectivity index (χ3n) is 4.53. The van der Waals surface area contributed by atoms with E-state index in [9.17, 15) is 14.7 Å². The number of carbonyl (C=O) groups excluding carboxylic acids is 1. The summed E-state index contributed by atoms with van der Waals surface area (Å²) < 4.78 is 1.34. The molecular weight excluding hydrogens is 372 g/mol. The number of thiophene rings is 2. The lowest BCUT2D eigenvalue weighted by molar-refractivity contribution is -0.122. The summed E-state index contributed by atoms with van der Waals surface area (Å²) in [5.41, 5.74) is 0.657. The monoisotopic (exact) mass is 390 g/mol. The Morgan fingerprint density at radius 3 is 3.04 bits per heavy atom. The fourth-order valence-electron chi connectivity index (χ4n) is 3.08. The maximum Gasteiger partial charge on any atom is 0.263 e. The second kappa shape index (κ2) is 7.28. The zero-order chi connectivity index (χ0) is 18.1. The molecule has 136 valence electrons. The van der Waals surface area contributed by atoms with Gasteiger partial charge in [-0.2, -0.15) is 0 Å². The van der Waals surface area contributed by atoms with Crippen molar-refractivity contribution in [3.63, 3.8) is 0 Å². The Morgan fingerprint density at radius 2 is 2.31 bits per heavy atom. The van der Waals surface area contributed by atoms with Gasteiger partial charge in [-0.05, 0) is 11.4 Å². The first kappa shape index (κ1) is 17.3. The summed E-state index contributed by atoms with van der Waals surface area (Å²) in [4.78, 5) is 31.1. The van der Waals surface area contributed by atoms with E-state index in [0.717, 1.165) is 10.4 Å². The molecule has 0 radical (unpaired) electrons. The Labute approximate surface area is 157 Å². The van der Waals surface area contributed by atoms with E-state index >= 15 is 0 Å². The fraction of sp³-hybridized carbons (Fsp3) is 0.353. The molecule has 3 N–H and O–H groups in total. The summed E-state index contributed by atoms with van der Waals surface area (Å²) in [7, 11) is 0. The van der Waals surface area contributed by atoms with Crippen LogP contribution in [-0.2, 0) is 11.3 Å². The number of aliphatic hydroxyl groups excluding tert-OH is 1. The number of aliphatic hydroxyl groups is 1. The molecule has 4 rings (SSSR count). The standard InChI is InChI=1S/C17H18N4O3S2/c22-12-6-18-4-10(12)5-19-14(23)7-21-9-20-16-15(17(21)24)11(8-26-16)13-2-1-3-25-13/h1-3,8-10,12,18,22H,4-7H2,(H,19,23). The zero-order valence-corrected chi connectivity index (χ0v) is 15.5. The van der Waals surface area contributed by atoms with Crippen molar-refractivity contribution >= 4 is 38.8 Å². The van der Waals surface area contributed by atoms with Gasteiger partial charge in [-0.3, -0.25) is 14.2 Å². The van der Waals surface area contributed by atoms with E-state index in [2.05, 4.69) is 15.6 Å². The van der Waals surface area contributed by atoms with E-state index in [0.29, 0.717) is 29.9 Å². The van der Waals surface area contributed by atoms with E-state index < -0.39 is 6.10 Å². The second-order valence-electron chi connectivity index (χ2n) is 6.27. The number of amides is 1. The van der Waals surface area contributed by atoms with Crippen molar-refractivity contribution < 1.29 is 9.90 Å². The molecular formula is C17H18N4O3S2. The van der Waals surface area contributed by atoms with Gasteiger partial charge in [-0.25, -0.2) is 4.98 Å². The number of nitrogens with one attached hydrogen (secondary N) is 2. The molecule has 0 aliphatic carbocycles. The molecule has 1 saturated heterocycles. The van der Waals surface area contributed by atoms with Crippen LogP contribution in [0.15, 0.2) is 34.0 Å². The van der Waals surface area contributed by atoms with Crippen LogP contribution in [0.3, 0.4) is 0 Å². The summed E-state index contributed by atoms with van der Waals surface area (Å²) in [6.07, 6.45) is 0.973. The quantitative estimate of drug-likeness (QED) is 0.601. The average molecular weight is 390 g/mol. The van der Waals surface area contributed by atoms with Gasteiger partial charge in [0.2, 0.25) is 5.91 Å². The molecule has 1 aliphatic rings. The molecule has 0 bridgehead atoms. The Hall–Kier alpha value is -2.07. The lowest BCUT2D eigenvalue weighted by Gasteiger charge is -2.14. The van der Waals surface area contributed by atoms with Crippen LogP contribution in [0.4, 0.5) is 0 Å². The van der Waals surface area contributed by atoms with Crippen LogP contribution in [0.2, 0.25) is 0 Å². The molecule has 0 aromatic carbocycles. The highest BCUT2D eigenvalue weighted by Gasteiger charge is 2.25. The van der Waals surface area contributed by atoms with Gasteiger partial charge in [-0.1, -0.05) is 6.07 Å². The van der Waals surface area contributed by atoms with E-state index in [1.165, 1.54) is 22.2 Å². The first-order valence-corrected chi connectivity index (χ1v) is 10.1. The summed E-state index contributed by atoms with van der Waals surface area (Å²) in [5.74, 6) is -0.265. The highest BCUT2D eigenvalue weighted by molar-refractivity contribution is 7.18. The molecule has 0 saturated carbocycles. The third-order valence-corrected chi connectivity index (χ3v) is 6.32. The molecule has 2 atom stereocenters. The number of nitrogens with zero attached hydrogens (tertiary/aromatic N) is 2. The number of carbonyl (C=O) groups is 1. The number of fused-ring (bicyclic) bond motifs is 1. The van der Waals surface area contributed by atoms with E-state index in [1.807, 2.05) is 22.9 Å². The first-order chi connectivity index (χ1) is 12.6. The third kappa shape index (κ3) is 3.30. The Bertz CT molecular complexity index is 980. The van der Waals surface area contributed by atoms with Crippen LogP contribution >= 0.6 is 22.7 Å². The predicted octanol–water partition coefficient (Wildman–Crippen LogP) is 0.883. The summed E-state index contributed by atoms with van der Waals surface area (Å²) in [6, 6.07) is 3.91. The molecule has 3 aromatic rings. The van der Waals surface area contributed by atoms with Gasteiger partial charge in [0, 0.05) is 41.4 Å². The minimum Gasteiger partial charge on any atom is -0.391 e. The van der Waals surface area contributed by atoms with Crippen molar-refractivity contribution in [1.29, 1.82) is 0 Å². The molecule has 2 unspecified atom stereocenters. The van der Waals surface area contributed by atoms with Gasteiger partial charge in [-0.15, -0.1) is 22.7 Å². The summed E-state index contributed by atoms with van der Waals surface area (Å²) in [5, 5.41) is 20.1. The number of aromatic nitrogens is 2. The van der Waals surface area contributed by atoms with E-state index in [1.54, 1.807) is 11.3 Å². The zero-order valence-electron chi connectivity index (χ0n) is 13.8. The minimum atomic E-state index is -0.449. The predicted molar refractivity (Wildman–Crippen MR) is 103 cm³/mol. The minimum absolute atomic E-state index is 0.00131. The molecule has 9 heteroatoms. The van der Waals surface area contributed by atoms with Gasteiger partial charge in [0.1, 0.15) is 11.4 Å². The topological polar surface area (TPSA) is 96.2 Å².